The van der Waals surface area contributed by atoms with Crippen LogP contribution >= 0.6 is 11.8 Å². The van der Waals surface area contributed by atoms with Gasteiger partial charge in [0, 0.05) is 17.4 Å². The Balaban J connectivity index is 1.15. The lowest BCUT2D eigenvalue weighted by atomic mass is 9.94. The number of benzene rings is 3. The number of aryl methyl sites for hydroxylation is 2. The van der Waals surface area contributed by atoms with Gasteiger partial charge in [0.15, 0.2) is 5.58 Å². The van der Waals surface area contributed by atoms with E-state index in [4.69, 9.17) is 14.0 Å². The molecule has 1 aliphatic heterocycles. The molecule has 0 spiro atoms. The van der Waals surface area contributed by atoms with Gasteiger partial charge >= 0.3 is 0 Å². The van der Waals surface area contributed by atoms with Crippen molar-refractivity contribution < 1.29 is 23.6 Å². The minimum absolute atomic E-state index is 0.293. The molecular formula is C33H36N2O5S. The number of hydrogen-bond acceptors (Lipinski definition) is 7. The van der Waals surface area contributed by atoms with Crippen LogP contribution in [0.1, 0.15) is 68.3 Å². The Morgan fingerprint density at radius 2 is 1.73 bits per heavy atom. The quantitative estimate of drug-likeness (QED) is 0.165. The Labute approximate surface area is 245 Å². The molecule has 2 amide bonds. The summed E-state index contributed by atoms with van der Waals surface area (Å²) in [6.45, 7) is 7.15. The zero-order valence-electron chi connectivity index (χ0n) is 23.8. The van der Waals surface area contributed by atoms with Gasteiger partial charge in [0.2, 0.25) is 5.91 Å². The first-order chi connectivity index (χ1) is 19.9. The molecule has 2 heterocycles. The summed E-state index contributed by atoms with van der Waals surface area (Å²) in [7, 11) is 0. The SMILES string of the molecule is CCCc1c(OCCCOc2ccc(C3(C)SC(=O)NC3=O)cc2)ccc2c(CCC(C)c3ccccc3)noc12. The summed E-state index contributed by atoms with van der Waals surface area (Å²) in [5.74, 6) is 1.69. The van der Waals surface area contributed by atoms with E-state index in [2.05, 4.69) is 54.7 Å². The number of imide groups is 1. The molecule has 1 saturated heterocycles. The second-order valence-corrected chi connectivity index (χ2v) is 12.0. The normalized spacial score (nSPS) is 17.5. The van der Waals surface area contributed by atoms with Crippen LogP contribution in [0, 0.1) is 0 Å². The molecule has 0 saturated carbocycles. The Bertz CT molecular complexity index is 1500. The van der Waals surface area contributed by atoms with Crippen LogP contribution in [0.4, 0.5) is 4.79 Å². The van der Waals surface area contributed by atoms with Gasteiger partial charge in [0.05, 0.1) is 18.9 Å². The molecule has 1 aromatic heterocycles. The maximum Gasteiger partial charge on any atom is 0.287 e. The number of hydrogen-bond donors (Lipinski definition) is 1. The number of fused-ring (bicyclic) bond motifs is 1. The van der Waals surface area contributed by atoms with E-state index in [0.717, 1.165) is 71.0 Å². The van der Waals surface area contributed by atoms with Crippen molar-refractivity contribution in [2.45, 2.75) is 63.5 Å². The van der Waals surface area contributed by atoms with Gasteiger partial charge in [-0.3, -0.25) is 14.9 Å². The van der Waals surface area contributed by atoms with Gasteiger partial charge in [0.25, 0.3) is 5.24 Å². The standard InChI is InChI=1S/C33H36N2O5S/c1-4-9-27-29(19-17-26-28(35-40-30(26)27)18-12-22(2)23-10-6-5-7-11-23)39-21-8-20-38-25-15-13-24(14-16-25)33(3)31(36)34-32(37)41-33/h5-7,10-11,13-17,19,22H,4,8-9,12,18,20-21H2,1-3H3,(H,34,36,37). The molecular weight excluding hydrogens is 536 g/mol. The van der Waals surface area contributed by atoms with E-state index in [-0.39, 0.29) is 11.1 Å². The minimum Gasteiger partial charge on any atom is -0.493 e. The molecule has 0 radical (unpaired) electrons. The molecule has 4 aromatic rings. The summed E-state index contributed by atoms with van der Waals surface area (Å²) in [6, 6.07) is 22.0. The van der Waals surface area contributed by atoms with Crippen LogP contribution in [-0.4, -0.2) is 29.5 Å². The molecule has 2 atom stereocenters. The van der Waals surface area contributed by atoms with Crippen LogP contribution < -0.4 is 14.8 Å². The van der Waals surface area contributed by atoms with Gasteiger partial charge in [0.1, 0.15) is 16.2 Å². The summed E-state index contributed by atoms with van der Waals surface area (Å²) in [5.41, 5.74) is 5.00. The lowest BCUT2D eigenvalue weighted by Gasteiger charge is -2.19. The van der Waals surface area contributed by atoms with Gasteiger partial charge in [-0.2, -0.15) is 0 Å². The number of carbonyl (C=O) groups is 2. The molecule has 5 rings (SSSR count). The number of carbonyl (C=O) groups excluding carboxylic acids is 2. The average Bonchev–Trinajstić information content (AvgIpc) is 3.52. The minimum atomic E-state index is -0.911. The maximum absolute atomic E-state index is 12.2. The highest BCUT2D eigenvalue weighted by atomic mass is 32.2. The fourth-order valence-electron chi connectivity index (χ4n) is 5.15. The van der Waals surface area contributed by atoms with Crippen molar-refractivity contribution in [3.63, 3.8) is 0 Å². The van der Waals surface area contributed by atoms with E-state index in [1.165, 1.54) is 5.56 Å². The monoisotopic (exact) mass is 572 g/mol. The van der Waals surface area contributed by atoms with Gasteiger partial charge in [-0.15, -0.1) is 0 Å². The Kier molecular flexibility index (Phi) is 8.98. The van der Waals surface area contributed by atoms with Crippen LogP contribution in [0.25, 0.3) is 11.0 Å². The smallest absolute Gasteiger partial charge is 0.287 e. The number of aromatic nitrogens is 1. The number of nitrogens with one attached hydrogen (secondary N) is 1. The van der Waals surface area contributed by atoms with Crippen molar-refractivity contribution in [2.24, 2.45) is 0 Å². The van der Waals surface area contributed by atoms with Crippen molar-refractivity contribution >= 4 is 33.9 Å². The molecule has 214 valence electrons. The van der Waals surface area contributed by atoms with Crippen molar-refractivity contribution in [1.29, 1.82) is 0 Å². The van der Waals surface area contributed by atoms with E-state index in [1.54, 1.807) is 6.92 Å². The number of amides is 2. The van der Waals surface area contributed by atoms with Crippen molar-refractivity contribution in [3.05, 3.63) is 89.1 Å². The van der Waals surface area contributed by atoms with Crippen LogP contribution in [-0.2, 0) is 22.4 Å². The first-order valence-electron chi connectivity index (χ1n) is 14.2. The predicted octanol–water partition coefficient (Wildman–Crippen LogP) is 7.56. The van der Waals surface area contributed by atoms with Crippen molar-refractivity contribution in [1.82, 2.24) is 10.5 Å². The lowest BCUT2D eigenvalue weighted by Crippen LogP contribution is -2.31. The van der Waals surface area contributed by atoms with Crippen LogP contribution in [0.5, 0.6) is 11.5 Å². The van der Waals surface area contributed by atoms with Crippen molar-refractivity contribution in [2.75, 3.05) is 13.2 Å². The lowest BCUT2D eigenvalue weighted by molar-refractivity contribution is -0.121. The van der Waals surface area contributed by atoms with E-state index in [0.29, 0.717) is 31.3 Å². The zero-order chi connectivity index (χ0) is 28.8. The molecule has 7 nitrogen and oxygen atoms in total. The molecule has 3 aromatic carbocycles. The van der Waals surface area contributed by atoms with E-state index < -0.39 is 4.75 Å². The third kappa shape index (κ3) is 6.43. The number of ether oxygens (including phenoxy) is 2. The maximum atomic E-state index is 12.2. The Morgan fingerprint density at radius 3 is 2.44 bits per heavy atom. The molecule has 8 heteroatoms. The third-order valence-electron chi connectivity index (χ3n) is 7.62. The van der Waals surface area contributed by atoms with E-state index >= 15 is 0 Å². The predicted molar refractivity (Wildman–Crippen MR) is 162 cm³/mol. The molecule has 41 heavy (non-hydrogen) atoms. The topological polar surface area (TPSA) is 90.7 Å². The molecule has 1 aliphatic rings. The number of thioether (sulfide) groups is 1. The van der Waals surface area contributed by atoms with Gasteiger partial charge in [-0.25, -0.2) is 0 Å². The summed E-state index contributed by atoms with van der Waals surface area (Å²) in [5, 5.41) is 7.54. The highest BCUT2D eigenvalue weighted by Gasteiger charge is 2.45. The van der Waals surface area contributed by atoms with Crippen LogP contribution in [0.15, 0.2) is 71.3 Å². The second-order valence-electron chi connectivity index (χ2n) is 10.6. The number of nitrogens with zero attached hydrogens (tertiary/aromatic N) is 1. The molecule has 1 fully saturated rings. The van der Waals surface area contributed by atoms with Gasteiger partial charge < -0.3 is 14.0 Å². The summed E-state index contributed by atoms with van der Waals surface area (Å²) >= 11 is 0.999. The highest BCUT2D eigenvalue weighted by molar-refractivity contribution is 8.15. The van der Waals surface area contributed by atoms with Crippen molar-refractivity contribution in [3.8, 4) is 11.5 Å². The van der Waals surface area contributed by atoms with Crippen LogP contribution in [0.2, 0.25) is 0 Å². The van der Waals surface area contributed by atoms with E-state index in [9.17, 15) is 9.59 Å². The average molecular weight is 573 g/mol. The fourth-order valence-corrected chi connectivity index (χ4v) is 6.07. The summed E-state index contributed by atoms with van der Waals surface area (Å²) in [4.78, 5) is 23.8. The molecule has 1 N–H and O–H groups in total. The molecule has 2 unspecified atom stereocenters. The highest BCUT2D eigenvalue weighted by Crippen LogP contribution is 2.41. The summed E-state index contributed by atoms with van der Waals surface area (Å²) < 4.78 is 17.0. The molecule has 0 aliphatic carbocycles. The Morgan fingerprint density at radius 1 is 0.976 bits per heavy atom. The zero-order valence-corrected chi connectivity index (χ0v) is 24.6. The Hall–Kier alpha value is -3.78. The van der Waals surface area contributed by atoms with Crippen LogP contribution in [0.3, 0.4) is 0 Å². The van der Waals surface area contributed by atoms with Gasteiger partial charge in [-0.1, -0.05) is 67.9 Å². The van der Waals surface area contributed by atoms with E-state index in [1.807, 2.05) is 36.4 Å². The third-order valence-corrected chi connectivity index (χ3v) is 8.74. The largest absolute Gasteiger partial charge is 0.493 e. The summed E-state index contributed by atoms with van der Waals surface area (Å²) in [6.07, 6.45) is 4.39. The first kappa shape index (κ1) is 28.7. The number of rotatable bonds is 13. The van der Waals surface area contributed by atoms with Gasteiger partial charge in [-0.05, 0) is 79.3 Å². The second kappa shape index (κ2) is 12.8. The molecule has 0 bridgehead atoms. The first-order valence-corrected chi connectivity index (χ1v) is 15.1. The fraction of sp³-hybridized carbons (Fsp3) is 0.364.